The number of hydrogen-bond acceptors (Lipinski definition) is 3. The first kappa shape index (κ1) is 26.1. The Morgan fingerprint density at radius 1 is 0.765 bits per heavy atom. The molecule has 0 saturated heterocycles. The summed E-state index contributed by atoms with van der Waals surface area (Å²) in [5.41, 5.74) is -0.861. The van der Waals surface area contributed by atoms with Crippen LogP contribution in [0.1, 0.15) is 25.0 Å². The minimum absolute atomic E-state index is 0.724. The molecule has 0 radical (unpaired) electrons. The third kappa shape index (κ3) is 5.79. The molecule has 0 spiro atoms. The highest BCUT2D eigenvalue weighted by Crippen LogP contribution is 2.31. The van der Waals surface area contributed by atoms with Crippen molar-refractivity contribution in [3.8, 4) is 12.1 Å². The maximum absolute atomic E-state index is 14.2. The topological polar surface area (TPSA) is 50.8 Å². The molecule has 0 N–H and O–H groups in total. The summed E-state index contributed by atoms with van der Waals surface area (Å²) in [6.45, 7) is 5.92. The Bertz CT molecular complexity index is 1190. The molecule has 0 aliphatic rings. The van der Waals surface area contributed by atoms with E-state index in [4.69, 9.17) is 10.5 Å². The van der Waals surface area contributed by atoms with Crippen LogP contribution in [0.2, 0.25) is 0 Å². The van der Waals surface area contributed by atoms with E-state index < -0.39 is 45.8 Å². The van der Waals surface area contributed by atoms with Gasteiger partial charge in [-0.3, -0.25) is 0 Å². The van der Waals surface area contributed by atoms with Gasteiger partial charge in [-0.05, 0) is 31.5 Å². The molecule has 2 aromatic rings. The second-order valence-electron chi connectivity index (χ2n) is 6.82. The molecule has 2 rings (SSSR count). The average Bonchev–Trinajstić information content (AvgIpc) is 2.85. The highest BCUT2D eigenvalue weighted by Gasteiger charge is 2.28. The van der Waals surface area contributed by atoms with E-state index in [0.29, 0.717) is 0 Å². The zero-order chi connectivity index (χ0) is 25.3. The van der Waals surface area contributed by atoms with Crippen LogP contribution in [-0.2, 0) is 0 Å². The van der Waals surface area contributed by atoms with Crippen molar-refractivity contribution >= 4 is 17.3 Å². The number of rotatable bonds is 8. The fourth-order valence-electron chi connectivity index (χ4n) is 3.11. The van der Waals surface area contributed by atoms with Crippen LogP contribution in [0.15, 0.2) is 60.2 Å². The molecule has 0 atom stereocenters. The molecule has 2 aromatic carbocycles. The maximum atomic E-state index is 14.2. The number of anilines is 1. The number of allylic oxidation sites excluding steroid dienone is 7. The van der Waals surface area contributed by atoms with E-state index in [1.54, 1.807) is 18.2 Å². The van der Waals surface area contributed by atoms with E-state index in [-0.39, 0.29) is 0 Å². The molecular weight excluding hydrogens is 449 g/mol. The third-order valence-corrected chi connectivity index (χ3v) is 4.88. The number of hydrogen-bond donors (Lipinski definition) is 0. The van der Waals surface area contributed by atoms with Gasteiger partial charge in [0.1, 0.15) is 17.7 Å². The molecular formula is C26H20F5N3. The Labute approximate surface area is 194 Å². The van der Waals surface area contributed by atoms with Crippen LogP contribution in [0.5, 0.6) is 0 Å². The molecule has 0 saturated carbocycles. The SMILES string of the molecule is CCN(CC)c1ccc(/C=C/C=C/C=C/C(=C(C#N)C#N)c2c(F)c(F)c(F)c(F)c2F)cc1. The second kappa shape index (κ2) is 12.2. The smallest absolute Gasteiger partial charge is 0.200 e. The van der Waals surface area contributed by atoms with Crippen molar-refractivity contribution in [2.75, 3.05) is 18.0 Å². The first-order valence-corrected chi connectivity index (χ1v) is 10.2. The van der Waals surface area contributed by atoms with Crippen LogP contribution in [0.3, 0.4) is 0 Å². The van der Waals surface area contributed by atoms with E-state index >= 15 is 0 Å². The standard InChI is InChI=1S/C26H20F5N3/c1-3-34(4-2)19-13-11-17(12-14-19)9-7-5-6-8-10-20(18(15-32)16-33)21-22(27)24(29)26(31)25(30)23(21)28/h5-14H,3-4H2,1-2H3/b6-5+,9-7+,10-8+. The van der Waals surface area contributed by atoms with Crippen molar-refractivity contribution in [3.05, 3.63) is 100 Å². The van der Waals surface area contributed by atoms with Crippen LogP contribution < -0.4 is 4.90 Å². The van der Waals surface area contributed by atoms with Crippen molar-refractivity contribution in [2.45, 2.75) is 13.8 Å². The van der Waals surface area contributed by atoms with Gasteiger partial charge >= 0.3 is 0 Å². The quantitative estimate of drug-likeness (QED) is 0.140. The normalized spacial score (nSPS) is 11.2. The Morgan fingerprint density at radius 2 is 1.26 bits per heavy atom. The summed E-state index contributed by atoms with van der Waals surface area (Å²) in [6.07, 6.45) is 8.60. The number of nitrogens with zero attached hydrogens (tertiary/aromatic N) is 3. The Hall–Kier alpha value is -4.17. The van der Waals surface area contributed by atoms with Gasteiger partial charge in [0.25, 0.3) is 0 Å². The highest BCUT2D eigenvalue weighted by molar-refractivity contribution is 5.83. The van der Waals surface area contributed by atoms with E-state index in [9.17, 15) is 22.0 Å². The lowest BCUT2D eigenvalue weighted by Gasteiger charge is -2.20. The van der Waals surface area contributed by atoms with Crippen LogP contribution in [0.4, 0.5) is 27.6 Å². The first-order valence-electron chi connectivity index (χ1n) is 10.2. The van der Waals surface area contributed by atoms with Crippen molar-refractivity contribution in [3.63, 3.8) is 0 Å². The lowest BCUT2D eigenvalue weighted by atomic mass is 9.98. The zero-order valence-electron chi connectivity index (χ0n) is 18.4. The number of nitriles is 2. The summed E-state index contributed by atoms with van der Waals surface area (Å²) in [6, 6.07) is 10.7. The molecule has 0 unspecified atom stereocenters. The molecule has 0 aromatic heterocycles. The van der Waals surface area contributed by atoms with Crippen molar-refractivity contribution < 1.29 is 22.0 Å². The molecule has 8 heteroatoms. The summed E-state index contributed by atoms with van der Waals surface area (Å²) in [5, 5.41) is 18.2. The monoisotopic (exact) mass is 469 g/mol. The Balaban J connectivity index is 2.29. The van der Waals surface area contributed by atoms with Gasteiger partial charge in [0.2, 0.25) is 5.82 Å². The molecule has 0 fully saturated rings. The third-order valence-electron chi connectivity index (χ3n) is 4.88. The van der Waals surface area contributed by atoms with Crippen LogP contribution in [0.25, 0.3) is 11.6 Å². The summed E-state index contributed by atoms with van der Waals surface area (Å²) in [5.74, 6) is -10.9. The molecule has 34 heavy (non-hydrogen) atoms. The van der Waals surface area contributed by atoms with Crippen molar-refractivity contribution in [2.24, 2.45) is 0 Å². The highest BCUT2D eigenvalue weighted by atomic mass is 19.2. The molecule has 0 amide bonds. The van der Waals surface area contributed by atoms with E-state index in [2.05, 4.69) is 18.7 Å². The van der Waals surface area contributed by atoms with Gasteiger partial charge < -0.3 is 4.90 Å². The maximum Gasteiger partial charge on any atom is 0.200 e. The summed E-state index contributed by atoms with van der Waals surface area (Å²) >= 11 is 0. The summed E-state index contributed by atoms with van der Waals surface area (Å²) < 4.78 is 68.9. The van der Waals surface area contributed by atoms with E-state index in [1.165, 1.54) is 24.3 Å². The minimum Gasteiger partial charge on any atom is -0.372 e. The molecule has 0 heterocycles. The van der Waals surface area contributed by atoms with Crippen LogP contribution in [0, 0.1) is 51.7 Å². The predicted molar refractivity (Wildman–Crippen MR) is 122 cm³/mol. The Morgan fingerprint density at radius 3 is 1.76 bits per heavy atom. The van der Waals surface area contributed by atoms with Crippen molar-refractivity contribution in [1.82, 2.24) is 0 Å². The molecule has 174 valence electrons. The molecule has 0 aliphatic heterocycles. The van der Waals surface area contributed by atoms with Crippen LogP contribution in [-0.4, -0.2) is 13.1 Å². The second-order valence-corrected chi connectivity index (χ2v) is 6.82. The van der Waals surface area contributed by atoms with Crippen molar-refractivity contribution in [1.29, 1.82) is 10.5 Å². The summed E-state index contributed by atoms with van der Waals surface area (Å²) in [4.78, 5) is 2.20. The zero-order valence-corrected chi connectivity index (χ0v) is 18.4. The van der Waals surface area contributed by atoms with Gasteiger partial charge in [-0.2, -0.15) is 10.5 Å². The number of halogens is 5. The van der Waals surface area contributed by atoms with Gasteiger partial charge in [-0.15, -0.1) is 0 Å². The lowest BCUT2D eigenvalue weighted by Crippen LogP contribution is -2.21. The largest absolute Gasteiger partial charge is 0.372 e. The fraction of sp³-hybridized carbons (Fsp3) is 0.154. The van der Waals surface area contributed by atoms with Gasteiger partial charge in [0.15, 0.2) is 23.3 Å². The van der Waals surface area contributed by atoms with Crippen LogP contribution >= 0.6 is 0 Å². The van der Waals surface area contributed by atoms with Gasteiger partial charge in [-0.25, -0.2) is 22.0 Å². The Kier molecular flexibility index (Phi) is 9.34. The van der Waals surface area contributed by atoms with E-state index in [0.717, 1.165) is 30.4 Å². The fourth-order valence-corrected chi connectivity index (χ4v) is 3.11. The molecule has 0 bridgehead atoms. The van der Waals surface area contributed by atoms with Gasteiger partial charge in [-0.1, -0.05) is 48.6 Å². The van der Waals surface area contributed by atoms with Gasteiger partial charge in [0, 0.05) is 24.4 Å². The minimum atomic E-state index is -2.33. The average molecular weight is 469 g/mol. The summed E-state index contributed by atoms with van der Waals surface area (Å²) in [7, 11) is 0. The van der Waals surface area contributed by atoms with Gasteiger partial charge in [0.05, 0.1) is 5.56 Å². The molecule has 0 aliphatic carbocycles. The predicted octanol–water partition coefficient (Wildman–Crippen LogP) is 6.85. The van der Waals surface area contributed by atoms with E-state index in [1.807, 2.05) is 24.3 Å². The number of benzene rings is 2. The first-order chi connectivity index (χ1) is 16.3. The lowest BCUT2D eigenvalue weighted by molar-refractivity contribution is 0.376. The molecule has 3 nitrogen and oxygen atoms in total.